The van der Waals surface area contributed by atoms with E-state index in [9.17, 15) is 4.39 Å². The number of hydrogen-bond donors (Lipinski definition) is 2. The highest BCUT2D eigenvalue weighted by Gasteiger charge is 2.45. The van der Waals surface area contributed by atoms with E-state index in [1.807, 2.05) is 12.1 Å². The van der Waals surface area contributed by atoms with Crippen LogP contribution in [0.3, 0.4) is 0 Å². The van der Waals surface area contributed by atoms with E-state index in [2.05, 4.69) is 29.5 Å². The average Bonchev–Trinajstić information content (AvgIpc) is 3.31. The molecule has 0 spiro atoms. The number of halogens is 2. The molecule has 6 heteroatoms. The molecule has 2 rings (SSSR count). The Balaban J connectivity index is 0.00000288. The fourth-order valence-electron chi connectivity index (χ4n) is 2.62. The van der Waals surface area contributed by atoms with Gasteiger partial charge in [-0.1, -0.05) is 32.0 Å². The van der Waals surface area contributed by atoms with Gasteiger partial charge in [0, 0.05) is 32.2 Å². The second kappa shape index (κ2) is 10.2. The van der Waals surface area contributed by atoms with Crippen molar-refractivity contribution in [1.82, 2.24) is 10.6 Å². The quantitative estimate of drug-likeness (QED) is 0.277. The number of guanidine groups is 1. The van der Waals surface area contributed by atoms with Crippen molar-refractivity contribution < 1.29 is 9.13 Å². The second-order valence-electron chi connectivity index (χ2n) is 6.58. The van der Waals surface area contributed by atoms with Crippen LogP contribution in [0.25, 0.3) is 0 Å². The molecule has 0 aromatic heterocycles. The molecular weight excluding hydrogens is 420 g/mol. The summed E-state index contributed by atoms with van der Waals surface area (Å²) in [7, 11) is 1.74. The van der Waals surface area contributed by atoms with Gasteiger partial charge >= 0.3 is 0 Å². The predicted molar refractivity (Wildman–Crippen MR) is 108 cm³/mol. The number of ether oxygens (including phenoxy) is 1. The summed E-state index contributed by atoms with van der Waals surface area (Å²) in [5, 5.41) is 6.54. The highest BCUT2D eigenvalue weighted by atomic mass is 127. The summed E-state index contributed by atoms with van der Waals surface area (Å²) in [6.07, 6.45) is 2.02. The van der Waals surface area contributed by atoms with Crippen molar-refractivity contribution in [3.8, 4) is 0 Å². The van der Waals surface area contributed by atoms with E-state index in [-0.39, 0.29) is 35.2 Å². The van der Waals surface area contributed by atoms with Gasteiger partial charge in [0.05, 0.1) is 6.61 Å². The molecule has 0 saturated heterocycles. The molecule has 0 heterocycles. The van der Waals surface area contributed by atoms with Crippen molar-refractivity contribution in [2.75, 3.05) is 33.4 Å². The maximum Gasteiger partial charge on any atom is 0.191 e. The minimum absolute atomic E-state index is 0. The van der Waals surface area contributed by atoms with Crippen LogP contribution in [0.5, 0.6) is 0 Å². The van der Waals surface area contributed by atoms with Crippen molar-refractivity contribution in [3.63, 3.8) is 0 Å². The Kier molecular flexibility index (Phi) is 8.97. The average molecular weight is 449 g/mol. The lowest BCUT2D eigenvalue weighted by Gasteiger charge is -2.19. The van der Waals surface area contributed by atoms with Crippen LogP contribution in [0.2, 0.25) is 0 Å². The molecule has 1 aliphatic rings. The summed E-state index contributed by atoms with van der Waals surface area (Å²) in [5.41, 5.74) is 0.722. The Labute approximate surface area is 161 Å². The fourth-order valence-corrected chi connectivity index (χ4v) is 2.62. The molecule has 1 saturated carbocycles. The standard InChI is InChI=1S/C18H28FN3O.HI/c1-14(2)12-23-11-10-21-17(20-3)22-13-18(8-9-18)15-6-4-5-7-16(15)19;/h4-7,14H,8-13H2,1-3H3,(H2,20,21,22);1H. The first kappa shape index (κ1) is 21.2. The van der Waals surface area contributed by atoms with E-state index in [0.717, 1.165) is 31.0 Å². The summed E-state index contributed by atoms with van der Waals surface area (Å²) in [6, 6.07) is 7.06. The van der Waals surface area contributed by atoms with Crippen LogP contribution < -0.4 is 10.6 Å². The van der Waals surface area contributed by atoms with Crippen molar-refractivity contribution >= 4 is 29.9 Å². The second-order valence-corrected chi connectivity index (χ2v) is 6.58. The van der Waals surface area contributed by atoms with Crippen LogP contribution in [0, 0.1) is 11.7 Å². The minimum Gasteiger partial charge on any atom is -0.379 e. The van der Waals surface area contributed by atoms with Gasteiger partial charge in [0.1, 0.15) is 5.82 Å². The molecule has 1 aliphatic carbocycles. The Bertz CT molecular complexity index is 533. The summed E-state index contributed by atoms with van der Waals surface area (Å²) >= 11 is 0. The van der Waals surface area contributed by atoms with Gasteiger partial charge in [0.15, 0.2) is 5.96 Å². The van der Waals surface area contributed by atoms with Crippen molar-refractivity contribution in [2.45, 2.75) is 32.1 Å². The number of nitrogens with zero attached hydrogens (tertiary/aromatic N) is 1. The number of hydrogen-bond acceptors (Lipinski definition) is 2. The zero-order chi connectivity index (χ0) is 16.7. The predicted octanol–water partition coefficient (Wildman–Crippen LogP) is 3.31. The molecule has 136 valence electrons. The summed E-state index contributed by atoms with van der Waals surface area (Å²) in [5.74, 6) is 1.17. The molecule has 0 bridgehead atoms. The number of rotatable bonds is 8. The Morgan fingerprint density at radius 3 is 2.58 bits per heavy atom. The molecule has 2 N–H and O–H groups in total. The van der Waals surface area contributed by atoms with E-state index in [1.54, 1.807) is 13.1 Å². The number of benzene rings is 1. The van der Waals surface area contributed by atoms with Crippen LogP contribution in [-0.4, -0.2) is 39.3 Å². The monoisotopic (exact) mass is 449 g/mol. The van der Waals surface area contributed by atoms with Crippen molar-refractivity contribution in [3.05, 3.63) is 35.6 Å². The molecule has 4 nitrogen and oxygen atoms in total. The van der Waals surface area contributed by atoms with Gasteiger partial charge < -0.3 is 15.4 Å². The van der Waals surface area contributed by atoms with Gasteiger partial charge in [-0.05, 0) is 30.4 Å². The van der Waals surface area contributed by atoms with Crippen LogP contribution >= 0.6 is 24.0 Å². The first-order valence-corrected chi connectivity index (χ1v) is 8.35. The maximum absolute atomic E-state index is 14.0. The van der Waals surface area contributed by atoms with Gasteiger partial charge in [-0.25, -0.2) is 4.39 Å². The van der Waals surface area contributed by atoms with Gasteiger partial charge in [-0.15, -0.1) is 24.0 Å². The lowest BCUT2D eigenvalue weighted by molar-refractivity contribution is 0.114. The smallest absolute Gasteiger partial charge is 0.191 e. The summed E-state index contributed by atoms with van der Waals surface area (Å²) < 4.78 is 19.5. The number of aliphatic imine (C=N–C) groups is 1. The van der Waals surface area contributed by atoms with E-state index >= 15 is 0 Å². The normalized spacial score (nSPS) is 15.8. The Hall–Kier alpha value is -0.890. The third kappa shape index (κ3) is 6.20. The minimum atomic E-state index is -0.114. The van der Waals surface area contributed by atoms with E-state index in [4.69, 9.17) is 4.74 Å². The lowest BCUT2D eigenvalue weighted by Crippen LogP contribution is -2.42. The van der Waals surface area contributed by atoms with Crippen molar-refractivity contribution in [2.24, 2.45) is 10.9 Å². The van der Waals surface area contributed by atoms with E-state index in [0.29, 0.717) is 25.6 Å². The van der Waals surface area contributed by atoms with Gasteiger partial charge in [0.25, 0.3) is 0 Å². The largest absolute Gasteiger partial charge is 0.379 e. The molecule has 0 amide bonds. The molecule has 0 unspecified atom stereocenters. The molecule has 0 radical (unpaired) electrons. The first-order valence-electron chi connectivity index (χ1n) is 8.35. The summed E-state index contributed by atoms with van der Waals surface area (Å²) in [6.45, 7) is 7.08. The highest BCUT2D eigenvalue weighted by molar-refractivity contribution is 14.0. The zero-order valence-electron chi connectivity index (χ0n) is 14.8. The third-order valence-corrected chi connectivity index (χ3v) is 4.11. The van der Waals surface area contributed by atoms with E-state index in [1.165, 1.54) is 6.07 Å². The van der Waals surface area contributed by atoms with Gasteiger partial charge in [-0.3, -0.25) is 4.99 Å². The first-order chi connectivity index (χ1) is 11.1. The number of nitrogens with one attached hydrogen (secondary N) is 2. The molecule has 1 aromatic carbocycles. The molecule has 1 fully saturated rings. The zero-order valence-corrected chi connectivity index (χ0v) is 17.1. The lowest BCUT2D eigenvalue weighted by atomic mass is 9.95. The van der Waals surface area contributed by atoms with Crippen LogP contribution in [0.1, 0.15) is 32.3 Å². The van der Waals surface area contributed by atoms with Gasteiger partial charge in [-0.2, -0.15) is 0 Å². The highest BCUT2D eigenvalue weighted by Crippen LogP contribution is 2.48. The van der Waals surface area contributed by atoms with Gasteiger partial charge in [0.2, 0.25) is 0 Å². The molecular formula is C18H29FIN3O. The fraction of sp³-hybridized carbons (Fsp3) is 0.611. The molecule has 0 aliphatic heterocycles. The summed E-state index contributed by atoms with van der Waals surface area (Å²) in [4.78, 5) is 4.21. The van der Waals surface area contributed by atoms with Crippen LogP contribution in [0.4, 0.5) is 4.39 Å². The molecule has 24 heavy (non-hydrogen) atoms. The van der Waals surface area contributed by atoms with Crippen LogP contribution in [-0.2, 0) is 10.2 Å². The molecule has 0 atom stereocenters. The SMILES string of the molecule is CN=C(NCCOCC(C)C)NCC1(c2ccccc2F)CC1.I. The van der Waals surface area contributed by atoms with Crippen molar-refractivity contribution in [1.29, 1.82) is 0 Å². The Morgan fingerprint density at radius 2 is 2.00 bits per heavy atom. The third-order valence-electron chi connectivity index (χ3n) is 4.11. The Morgan fingerprint density at radius 1 is 1.29 bits per heavy atom. The van der Waals surface area contributed by atoms with Crippen LogP contribution in [0.15, 0.2) is 29.3 Å². The topological polar surface area (TPSA) is 45.7 Å². The van der Waals surface area contributed by atoms with E-state index < -0.39 is 0 Å². The maximum atomic E-state index is 14.0. The molecule has 1 aromatic rings.